The predicted molar refractivity (Wildman–Crippen MR) is 59.2 cm³/mol. The number of rotatable bonds is 5. The molecule has 0 radical (unpaired) electrons. The van der Waals surface area contributed by atoms with E-state index in [1.165, 1.54) is 4.90 Å². The highest BCUT2D eigenvalue weighted by Gasteiger charge is 2.33. The fourth-order valence-electron chi connectivity index (χ4n) is 1.46. The molecule has 0 aliphatic rings. The summed E-state index contributed by atoms with van der Waals surface area (Å²) in [6, 6.07) is 0. The Morgan fingerprint density at radius 3 is 2.00 bits per heavy atom. The van der Waals surface area contributed by atoms with Crippen molar-refractivity contribution in [3.63, 3.8) is 0 Å². The van der Waals surface area contributed by atoms with Crippen LogP contribution in [-0.4, -0.2) is 32.2 Å². The van der Waals surface area contributed by atoms with Crippen LogP contribution in [0, 0.1) is 0 Å². The third-order valence-corrected chi connectivity index (χ3v) is 3.08. The van der Waals surface area contributed by atoms with E-state index < -0.39 is 0 Å². The van der Waals surface area contributed by atoms with Gasteiger partial charge in [-0.05, 0) is 33.9 Å². The van der Waals surface area contributed by atoms with E-state index in [0.29, 0.717) is 0 Å². The fraction of sp³-hybridized carbons (Fsp3) is 0.818. The van der Waals surface area contributed by atoms with Crippen LogP contribution < -0.4 is 10.2 Å². The normalized spacial score (nSPS) is 17.2. The second-order valence-electron chi connectivity index (χ2n) is 4.93. The van der Waals surface area contributed by atoms with E-state index in [4.69, 9.17) is 0 Å². The lowest BCUT2D eigenvalue weighted by atomic mass is 9.85. The molecule has 0 aromatic rings. The summed E-state index contributed by atoms with van der Waals surface area (Å²) in [5, 5.41) is 3.33. The summed E-state index contributed by atoms with van der Waals surface area (Å²) in [6.07, 6.45) is 3.14. The van der Waals surface area contributed by atoms with Crippen LogP contribution in [0.3, 0.4) is 0 Å². The summed E-state index contributed by atoms with van der Waals surface area (Å²) in [4.78, 5) is 1.42. The molecule has 2 nitrogen and oxygen atoms in total. The Kier molecular flexibility index (Phi) is 4.14. The monoisotopic (exact) mass is 185 g/mol. The predicted octanol–water partition coefficient (Wildman–Crippen LogP) is 0.464. The van der Waals surface area contributed by atoms with E-state index in [-0.39, 0.29) is 11.1 Å². The van der Waals surface area contributed by atoms with Crippen molar-refractivity contribution in [2.45, 2.75) is 38.3 Å². The molecule has 0 amide bonds. The largest absolute Gasteiger partial charge is 0.332 e. The molecule has 0 aliphatic heterocycles. The minimum Gasteiger partial charge on any atom is -0.332 e. The van der Waals surface area contributed by atoms with Gasteiger partial charge >= 0.3 is 0 Å². The molecule has 1 atom stereocenters. The van der Waals surface area contributed by atoms with Crippen LogP contribution in [0.2, 0.25) is 0 Å². The van der Waals surface area contributed by atoms with Crippen LogP contribution in [-0.2, 0) is 0 Å². The number of hydrogen-bond donors (Lipinski definition) is 2. The minimum absolute atomic E-state index is 0.145. The topological polar surface area (TPSA) is 16.5 Å². The first-order valence-electron chi connectivity index (χ1n) is 4.90. The van der Waals surface area contributed by atoms with Crippen LogP contribution >= 0.6 is 0 Å². The zero-order valence-corrected chi connectivity index (χ0v) is 9.99. The molecule has 0 saturated heterocycles. The van der Waals surface area contributed by atoms with Gasteiger partial charge < -0.3 is 10.2 Å². The van der Waals surface area contributed by atoms with E-state index in [9.17, 15) is 0 Å². The zero-order chi connectivity index (χ0) is 10.7. The average molecular weight is 185 g/mol. The van der Waals surface area contributed by atoms with Crippen LogP contribution in [0.1, 0.15) is 27.2 Å². The van der Waals surface area contributed by atoms with Gasteiger partial charge in [-0.3, -0.25) is 0 Å². The Labute approximate surface area is 83.0 Å². The molecular weight excluding hydrogens is 160 g/mol. The van der Waals surface area contributed by atoms with Gasteiger partial charge in [-0.1, -0.05) is 6.58 Å². The summed E-state index contributed by atoms with van der Waals surface area (Å²) < 4.78 is 0. The molecule has 0 saturated carbocycles. The average Bonchev–Trinajstić information content (AvgIpc) is 2.03. The molecule has 0 heterocycles. The minimum atomic E-state index is 0.145. The van der Waals surface area contributed by atoms with Crippen molar-refractivity contribution in [2.24, 2.45) is 0 Å². The lowest BCUT2D eigenvalue weighted by Crippen LogP contribution is -3.14. The summed E-state index contributed by atoms with van der Waals surface area (Å²) in [6.45, 7) is 10.6. The van der Waals surface area contributed by atoms with Gasteiger partial charge in [-0.25, -0.2) is 0 Å². The maximum absolute atomic E-state index is 3.92. The molecule has 2 N–H and O–H groups in total. The smallest absolute Gasteiger partial charge is 0.114 e. The highest BCUT2D eigenvalue weighted by molar-refractivity contribution is 4.97. The first kappa shape index (κ1) is 12.7. The molecule has 1 unspecified atom stereocenters. The van der Waals surface area contributed by atoms with E-state index in [1.807, 2.05) is 7.05 Å². The van der Waals surface area contributed by atoms with Crippen molar-refractivity contribution in [3.05, 3.63) is 12.7 Å². The molecular formula is C11H25N2+. The number of quaternary nitrogens is 1. The number of likely N-dealkylation sites (N-methyl/N-ethyl adjacent to an activating group) is 1. The van der Waals surface area contributed by atoms with Gasteiger partial charge in [0.05, 0.1) is 14.1 Å². The van der Waals surface area contributed by atoms with Gasteiger partial charge in [0.15, 0.2) is 0 Å². The number of nitrogens with one attached hydrogen (secondary N) is 2. The molecule has 0 aliphatic carbocycles. The van der Waals surface area contributed by atoms with Gasteiger partial charge in [0.1, 0.15) is 5.54 Å². The van der Waals surface area contributed by atoms with Crippen LogP contribution in [0.4, 0.5) is 0 Å². The van der Waals surface area contributed by atoms with Crippen molar-refractivity contribution < 1.29 is 4.90 Å². The van der Waals surface area contributed by atoms with Gasteiger partial charge in [-0.15, -0.1) is 0 Å². The fourth-order valence-corrected chi connectivity index (χ4v) is 1.46. The van der Waals surface area contributed by atoms with E-state index in [0.717, 1.165) is 6.42 Å². The molecule has 2 heteroatoms. The Bertz CT molecular complexity index is 173. The van der Waals surface area contributed by atoms with E-state index >= 15 is 0 Å². The van der Waals surface area contributed by atoms with Crippen molar-refractivity contribution in [1.82, 2.24) is 5.32 Å². The highest BCUT2D eigenvalue weighted by Crippen LogP contribution is 2.17. The molecule has 0 aromatic carbocycles. The standard InChI is InChI=1S/C11H24N2/c1-8-11(4,13(6)7)9-10(2,3)12-5/h8,12H,1,9H2,2-7H3/p+1. The van der Waals surface area contributed by atoms with Gasteiger partial charge in [0, 0.05) is 12.0 Å². The Morgan fingerprint density at radius 1 is 1.31 bits per heavy atom. The lowest BCUT2D eigenvalue weighted by molar-refractivity contribution is -0.905. The summed E-state index contributed by atoms with van der Waals surface area (Å²) in [7, 11) is 6.36. The summed E-state index contributed by atoms with van der Waals surface area (Å²) >= 11 is 0. The quantitative estimate of drug-likeness (QED) is 0.595. The Balaban J connectivity index is 4.53. The molecule has 0 bridgehead atoms. The Morgan fingerprint density at radius 2 is 1.77 bits per heavy atom. The van der Waals surface area contributed by atoms with Crippen LogP contribution in [0.25, 0.3) is 0 Å². The number of hydrogen-bond acceptors (Lipinski definition) is 1. The zero-order valence-electron chi connectivity index (χ0n) is 9.99. The van der Waals surface area contributed by atoms with Crippen LogP contribution in [0.5, 0.6) is 0 Å². The maximum atomic E-state index is 3.92. The van der Waals surface area contributed by atoms with Crippen molar-refractivity contribution in [1.29, 1.82) is 0 Å². The third kappa shape index (κ3) is 3.49. The maximum Gasteiger partial charge on any atom is 0.114 e. The SMILES string of the molecule is C=CC(C)(CC(C)(C)NC)[NH+](C)C. The molecule has 78 valence electrons. The van der Waals surface area contributed by atoms with E-state index in [2.05, 4.69) is 52.8 Å². The van der Waals surface area contributed by atoms with Crippen molar-refractivity contribution in [2.75, 3.05) is 21.1 Å². The molecule has 13 heavy (non-hydrogen) atoms. The summed E-state index contributed by atoms with van der Waals surface area (Å²) in [5.74, 6) is 0. The second kappa shape index (κ2) is 4.25. The third-order valence-electron chi connectivity index (χ3n) is 3.08. The Hall–Kier alpha value is -0.340. The molecule has 0 aromatic heterocycles. The van der Waals surface area contributed by atoms with Gasteiger partial charge in [-0.2, -0.15) is 0 Å². The summed E-state index contributed by atoms with van der Waals surface area (Å²) in [5.41, 5.74) is 0.312. The molecule has 0 rings (SSSR count). The van der Waals surface area contributed by atoms with Crippen LogP contribution in [0.15, 0.2) is 12.7 Å². The first-order valence-corrected chi connectivity index (χ1v) is 4.90. The highest BCUT2D eigenvalue weighted by atomic mass is 15.1. The second-order valence-corrected chi connectivity index (χ2v) is 4.93. The van der Waals surface area contributed by atoms with Crippen molar-refractivity contribution >= 4 is 0 Å². The first-order chi connectivity index (χ1) is 5.77. The lowest BCUT2D eigenvalue weighted by Gasteiger charge is -2.37. The molecule has 0 spiro atoms. The van der Waals surface area contributed by atoms with Crippen molar-refractivity contribution in [3.8, 4) is 0 Å². The molecule has 0 fully saturated rings. The van der Waals surface area contributed by atoms with E-state index in [1.54, 1.807) is 0 Å². The van der Waals surface area contributed by atoms with Gasteiger partial charge in [0.25, 0.3) is 0 Å². The van der Waals surface area contributed by atoms with Gasteiger partial charge in [0.2, 0.25) is 0 Å².